The second-order valence-electron chi connectivity index (χ2n) is 7.21. The van der Waals surface area contributed by atoms with Crippen molar-refractivity contribution >= 4 is 17.7 Å². The molecule has 154 valence electrons. The van der Waals surface area contributed by atoms with E-state index in [0.29, 0.717) is 32.7 Å². The molecule has 2 saturated heterocycles. The molecule has 8 heteroatoms. The highest BCUT2D eigenvalue weighted by atomic mass is 16.5. The lowest BCUT2D eigenvalue weighted by atomic mass is 10.1. The normalized spacial score (nSPS) is 17.3. The predicted octanol–water partition coefficient (Wildman–Crippen LogP) is 1.21. The second kappa shape index (κ2) is 9.09. The molecule has 8 nitrogen and oxygen atoms in total. The van der Waals surface area contributed by atoms with Gasteiger partial charge >= 0.3 is 0 Å². The van der Waals surface area contributed by atoms with E-state index in [4.69, 9.17) is 14.5 Å². The van der Waals surface area contributed by atoms with Gasteiger partial charge in [0.05, 0.1) is 26.7 Å². The maximum absolute atomic E-state index is 12.7. The zero-order valence-corrected chi connectivity index (χ0v) is 16.8. The minimum Gasteiger partial charge on any atom is -0.497 e. The van der Waals surface area contributed by atoms with Crippen LogP contribution >= 0.6 is 0 Å². The molecule has 2 aromatic rings. The van der Waals surface area contributed by atoms with Crippen molar-refractivity contribution in [1.82, 2.24) is 14.9 Å². The van der Waals surface area contributed by atoms with E-state index >= 15 is 0 Å². The Bertz CT molecular complexity index is 815. The molecule has 0 saturated carbocycles. The molecule has 0 N–H and O–H groups in total. The van der Waals surface area contributed by atoms with Crippen LogP contribution in [0.5, 0.6) is 5.75 Å². The molecule has 0 bridgehead atoms. The van der Waals surface area contributed by atoms with Crippen LogP contribution in [-0.4, -0.2) is 80.4 Å². The molecule has 1 aromatic heterocycles. The van der Waals surface area contributed by atoms with Crippen molar-refractivity contribution in [2.24, 2.45) is 0 Å². The fourth-order valence-electron chi connectivity index (χ4n) is 3.65. The van der Waals surface area contributed by atoms with Gasteiger partial charge in [0.15, 0.2) is 0 Å². The number of rotatable bonds is 5. The minimum atomic E-state index is 0.159. The number of nitrogens with zero attached hydrogens (tertiary/aromatic N) is 5. The summed E-state index contributed by atoms with van der Waals surface area (Å²) in [7, 11) is 1.64. The lowest BCUT2D eigenvalue weighted by Gasteiger charge is -2.36. The lowest BCUT2D eigenvalue weighted by molar-refractivity contribution is -0.130. The van der Waals surface area contributed by atoms with Gasteiger partial charge in [-0.2, -0.15) is 4.98 Å². The highest BCUT2D eigenvalue weighted by Crippen LogP contribution is 2.18. The summed E-state index contributed by atoms with van der Waals surface area (Å²) < 4.78 is 10.6. The van der Waals surface area contributed by atoms with Crippen LogP contribution in [0.4, 0.5) is 11.8 Å². The monoisotopic (exact) mass is 397 g/mol. The van der Waals surface area contributed by atoms with Gasteiger partial charge in [0.25, 0.3) is 0 Å². The first-order valence-corrected chi connectivity index (χ1v) is 10.0. The number of ether oxygens (including phenoxy) is 2. The van der Waals surface area contributed by atoms with Gasteiger partial charge in [-0.25, -0.2) is 4.98 Å². The molecular weight excluding hydrogens is 370 g/mol. The zero-order chi connectivity index (χ0) is 20.1. The number of morpholine rings is 1. The van der Waals surface area contributed by atoms with E-state index in [-0.39, 0.29) is 5.91 Å². The van der Waals surface area contributed by atoms with E-state index in [2.05, 4.69) is 14.8 Å². The zero-order valence-electron chi connectivity index (χ0n) is 16.8. The topological polar surface area (TPSA) is 71.0 Å². The van der Waals surface area contributed by atoms with Gasteiger partial charge in [0.2, 0.25) is 11.9 Å². The Balaban J connectivity index is 1.32. The third kappa shape index (κ3) is 4.76. The number of carbonyl (C=O) groups excluding carboxylic acids is 1. The van der Waals surface area contributed by atoms with E-state index in [1.54, 1.807) is 7.11 Å². The van der Waals surface area contributed by atoms with Crippen molar-refractivity contribution in [2.75, 3.05) is 69.4 Å². The van der Waals surface area contributed by atoms with Crippen molar-refractivity contribution in [1.29, 1.82) is 0 Å². The number of carbonyl (C=O) groups is 1. The second-order valence-corrected chi connectivity index (χ2v) is 7.21. The Hall–Kier alpha value is -2.87. The molecule has 4 rings (SSSR count). The number of piperazine rings is 1. The van der Waals surface area contributed by atoms with Gasteiger partial charge in [0, 0.05) is 45.5 Å². The van der Waals surface area contributed by atoms with E-state index in [1.165, 1.54) is 0 Å². The number of hydrogen-bond donors (Lipinski definition) is 0. The van der Waals surface area contributed by atoms with Gasteiger partial charge in [-0.15, -0.1) is 0 Å². The van der Waals surface area contributed by atoms with Crippen LogP contribution in [0.15, 0.2) is 36.5 Å². The summed E-state index contributed by atoms with van der Waals surface area (Å²) in [6, 6.07) is 9.62. The number of hydrogen-bond acceptors (Lipinski definition) is 7. The minimum absolute atomic E-state index is 0.159. The van der Waals surface area contributed by atoms with Crippen LogP contribution in [0.2, 0.25) is 0 Å². The third-order valence-electron chi connectivity index (χ3n) is 5.39. The smallest absolute Gasteiger partial charge is 0.227 e. The Kier molecular flexibility index (Phi) is 6.09. The summed E-state index contributed by atoms with van der Waals surface area (Å²) in [6.07, 6.45) is 2.23. The van der Waals surface area contributed by atoms with Gasteiger partial charge in [-0.05, 0) is 23.8 Å². The summed E-state index contributed by atoms with van der Waals surface area (Å²) >= 11 is 0. The Morgan fingerprint density at radius 2 is 1.72 bits per heavy atom. The summed E-state index contributed by atoms with van der Waals surface area (Å²) in [5.41, 5.74) is 1.00. The number of benzene rings is 1. The maximum Gasteiger partial charge on any atom is 0.227 e. The number of aromatic nitrogens is 2. The summed E-state index contributed by atoms with van der Waals surface area (Å²) in [6.45, 7) is 6.00. The first kappa shape index (κ1) is 19.4. The van der Waals surface area contributed by atoms with Crippen LogP contribution in [0.3, 0.4) is 0 Å². The van der Waals surface area contributed by atoms with Crippen LogP contribution in [-0.2, 0) is 16.0 Å². The molecule has 2 aliphatic heterocycles. The average Bonchev–Trinajstić information content (AvgIpc) is 2.80. The molecule has 1 aromatic carbocycles. The highest BCUT2D eigenvalue weighted by Gasteiger charge is 2.23. The SMILES string of the molecule is COc1ccc(CC(=O)N2CCN(c3ccnc(N4CCOCC4)n3)CC2)cc1. The van der Waals surface area contributed by atoms with Gasteiger partial charge < -0.3 is 24.2 Å². The van der Waals surface area contributed by atoms with Crippen molar-refractivity contribution < 1.29 is 14.3 Å². The lowest BCUT2D eigenvalue weighted by Crippen LogP contribution is -2.49. The Morgan fingerprint density at radius 3 is 2.41 bits per heavy atom. The fraction of sp³-hybridized carbons (Fsp3) is 0.476. The van der Waals surface area contributed by atoms with Crippen molar-refractivity contribution in [3.63, 3.8) is 0 Å². The molecule has 1 amide bonds. The van der Waals surface area contributed by atoms with E-state index < -0.39 is 0 Å². The molecule has 3 heterocycles. The number of anilines is 2. The fourth-order valence-corrected chi connectivity index (χ4v) is 3.65. The van der Waals surface area contributed by atoms with Crippen LogP contribution in [0, 0.1) is 0 Å². The Labute approximate surface area is 171 Å². The van der Waals surface area contributed by atoms with E-state index in [0.717, 1.165) is 49.3 Å². The molecule has 2 fully saturated rings. The van der Waals surface area contributed by atoms with Gasteiger partial charge in [-0.3, -0.25) is 4.79 Å². The number of amides is 1. The van der Waals surface area contributed by atoms with Crippen molar-refractivity contribution in [3.05, 3.63) is 42.1 Å². The van der Waals surface area contributed by atoms with E-state index in [1.807, 2.05) is 41.4 Å². The first-order chi connectivity index (χ1) is 14.2. The molecule has 0 unspecified atom stereocenters. The third-order valence-corrected chi connectivity index (χ3v) is 5.39. The predicted molar refractivity (Wildman–Crippen MR) is 111 cm³/mol. The molecule has 0 atom stereocenters. The molecule has 0 radical (unpaired) electrons. The highest BCUT2D eigenvalue weighted by molar-refractivity contribution is 5.79. The Morgan fingerprint density at radius 1 is 1.00 bits per heavy atom. The van der Waals surface area contributed by atoms with Crippen LogP contribution < -0.4 is 14.5 Å². The maximum atomic E-state index is 12.7. The largest absolute Gasteiger partial charge is 0.497 e. The summed E-state index contributed by atoms with van der Waals surface area (Å²) in [5, 5.41) is 0. The van der Waals surface area contributed by atoms with Crippen molar-refractivity contribution in [2.45, 2.75) is 6.42 Å². The van der Waals surface area contributed by atoms with Crippen molar-refractivity contribution in [3.8, 4) is 5.75 Å². The molecule has 0 aliphatic carbocycles. The van der Waals surface area contributed by atoms with E-state index in [9.17, 15) is 4.79 Å². The molecule has 0 spiro atoms. The molecular formula is C21H27N5O3. The van der Waals surface area contributed by atoms with Gasteiger partial charge in [0.1, 0.15) is 11.6 Å². The summed E-state index contributed by atoms with van der Waals surface area (Å²) in [5.74, 6) is 2.63. The molecule has 2 aliphatic rings. The molecule has 29 heavy (non-hydrogen) atoms. The quantitative estimate of drug-likeness (QED) is 0.751. The van der Waals surface area contributed by atoms with Crippen LogP contribution in [0.1, 0.15) is 5.56 Å². The standard InChI is InChI=1S/C21H27N5O3/c1-28-18-4-2-17(3-5-18)16-20(27)25-10-8-24(9-11-25)19-6-7-22-21(23-19)26-12-14-29-15-13-26/h2-7H,8-16H2,1H3. The first-order valence-electron chi connectivity index (χ1n) is 10.0. The summed E-state index contributed by atoms with van der Waals surface area (Å²) in [4.78, 5) is 28.1. The average molecular weight is 397 g/mol. The van der Waals surface area contributed by atoms with Gasteiger partial charge in [-0.1, -0.05) is 12.1 Å². The van der Waals surface area contributed by atoms with Crippen LogP contribution in [0.25, 0.3) is 0 Å². The number of methoxy groups -OCH3 is 1.